The van der Waals surface area contributed by atoms with Gasteiger partial charge in [-0.1, -0.05) is 30.7 Å². The van der Waals surface area contributed by atoms with Crippen LogP contribution in [0.1, 0.15) is 30.4 Å². The maximum atomic E-state index is 5.65. The number of rotatable bonds is 6. The summed E-state index contributed by atoms with van der Waals surface area (Å²) in [6.45, 7) is 4.32. The molecule has 1 aliphatic carbocycles. The van der Waals surface area contributed by atoms with Crippen LogP contribution in [0, 0.1) is 5.92 Å². The zero-order valence-electron chi connectivity index (χ0n) is 13.9. The molecule has 1 aromatic carbocycles. The Balaban J connectivity index is 0.00000192. The summed E-state index contributed by atoms with van der Waals surface area (Å²) < 4.78 is 11.0. The lowest BCUT2D eigenvalue weighted by molar-refractivity contribution is 0.0524. The summed E-state index contributed by atoms with van der Waals surface area (Å²) in [5, 5.41) is 7.43. The van der Waals surface area contributed by atoms with Gasteiger partial charge in [0.25, 0.3) is 0 Å². The van der Waals surface area contributed by atoms with Gasteiger partial charge in [-0.15, -0.1) is 12.4 Å². The minimum atomic E-state index is 0. The van der Waals surface area contributed by atoms with Crippen molar-refractivity contribution < 1.29 is 9.47 Å². The van der Waals surface area contributed by atoms with Crippen molar-refractivity contribution >= 4 is 12.4 Å². The van der Waals surface area contributed by atoms with E-state index in [0.29, 0.717) is 24.6 Å². The number of morpholine rings is 1. The predicted octanol–water partition coefficient (Wildman–Crippen LogP) is 2.50. The summed E-state index contributed by atoms with van der Waals surface area (Å²) in [6, 6.07) is 9.66. The summed E-state index contributed by atoms with van der Waals surface area (Å²) in [6.07, 6.45) is 3.90. The van der Waals surface area contributed by atoms with E-state index < -0.39 is 0 Å². The van der Waals surface area contributed by atoms with Crippen molar-refractivity contribution in [1.29, 1.82) is 0 Å². The first-order chi connectivity index (χ1) is 10.9. The fourth-order valence-electron chi connectivity index (χ4n) is 3.85. The summed E-state index contributed by atoms with van der Waals surface area (Å²) in [5.74, 6) is 0.690. The molecular formula is C18H29ClN2O2. The summed E-state index contributed by atoms with van der Waals surface area (Å²) >= 11 is 0. The van der Waals surface area contributed by atoms with Crippen LogP contribution in [0.3, 0.4) is 0 Å². The van der Waals surface area contributed by atoms with Gasteiger partial charge in [0.15, 0.2) is 0 Å². The highest BCUT2D eigenvalue weighted by atomic mass is 35.5. The van der Waals surface area contributed by atoms with Crippen molar-refractivity contribution in [3.8, 4) is 0 Å². The van der Waals surface area contributed by atoms with Crippen molar-refractivity contribution in [3.63, 3.8) is 0 Å². The molecule has 1 saturated carbocycles. The molecule has 4 nitrogen and oxygen atoms in total. The SMILES string of the molecule is COCc1ccccc1CNC1CCCC1C1COCCN1.Cl. The number of hydrogen-bond acceptors (Lipinski definition) is 4. The zero-order chi connectivity index (χ0) is 15.2. The highest BCUT2D eigenvalue weighted by Crippen LogP contribution is 2.29. The zero-order valence-corrected chi connectivity index (χ0v) is 14.7. The molecule has 5 heteroatoms. The van der Waals surface area contributed by atoms with Crippen molar-refractivity contribution in [3.05, 3.63) is 35.4 Å². The van der Waals surface area contributed by atoms with Gasteiger partial charge >= 0.3 is 0 Å². The number of methoxy groups -OCH3 is 1. The summed E-state index contributed by atoms with van der Waals surface area (Å²) in [5.41, 5.74) is 2.63. The van der Waals surface area contributed by atoms with E-state index in [4.69, 9.17) is 9.47 Å². The van der Waals surface area contributed by atoms with Gasteiger partial charge in [-0.05, 0) is 29.9 Å². The van der Waals surface area contributed by atoms with Crippen LogP contribution in [0.5, 0.6) is 0 Å². The van der Waals surface area contributed by atoms with Gasteiger partial charge in [0, 0.05) is 32.3 Å². The minimum absolute atomic E-state index is 0. The first-order valence-electron chi connectivity index (χ1n) is 8.48. The lowest BCUT2D eigenvalue weighted by Gasteiger charge is -2.33. The first kappa shape index (κ1) is 18.7. The van der Waals surface area contributed by atoms with Crippen LogP contribution in [-0.2, 0) is 22.6 Å². The third kappa shape index (κ3) is 4.91. The van der Waals surface area contributed by atoms with E-state index in [1.165, 1.54) is 30.4 Å². The molecule has 130 valence electrons. The maximum Gasteiger partial charge on any atom is 0.0716 e. The highest BCUT2D eigenvalue weighted by Gasteiger charge is 2.34. The van der Waals surface area contributed by atoms with E-state index in [1.54, 1.807) is 7.11 Å². The lowest BCUT2D eigenvalue weighted by atomic mass is 9.93. The minimum Gasteiger partial charge on any atom is -0.380 e. The molecule has 1 aromatic rings. The molecular weight excluding hydrogens is 312 g/mol. The second-order valence-electron chi connectivity index (χ2n) is 6.42. The van der Waals surface area contributed by atoms with Crippen molar-refractivity contribution in [1.82, 2.24) is 10.6 Å². The molecule has 0 aromatic heterocycles. The molecule has 23 heavy (non-hydrogen) atoms. The molecule has 2 fully saturated rings. The molecule has 0 bridgehead atoms. The van der Waals surface area contributed by atoms with Crippen LogP contribution >= 0.6 is 12.4 Å². The van der Waals surface area contributed by atoms with Gasteiger partial charge in [-0.25, -0.2) is 0 Å². The van der Waals surface area contributed by atoms with Crippen LogP contribution in [-0.4, -0.2) is 39.0 Å². The van der Waals surface area contributed by atoms with Gasteiger partial charge < -0.3 is 20.1 Å². The van der Waals surface area contributed by atoms with Crippen LogP contribution < -0.4 is 10.6 Å². The average Bonchev–Trinajstić information content (AvgIpc) is 3.04. The molecule has 3 unspecified atom stereocenters. The van der Waals surface area contributed by atoms with E-state index >= 15 is 0 Å². The van der Waals surface area contributed by atoms with Gasteiger partial charge in [0.05, 0.1) is 19.8 Å². The maximum absolute atomic E-state index is 5.65. The number of ether oxygens (including phenoxy) is 2. The van der Waals surface area contributed by atoms with E-state index in [-0.39, 0.29) is 12.4 Å². The van der Waals surface area contributed by atoms with E-state index in [0.717, 1.165) is 26.3 Å². The molecule has 3 rings (SSSR count). The third-order valence-electron chi connectivity index (χ3n) is 5.01. The second-order valence-corrected chi connectivity index (χ2v) is 6.42. The molecule has 0 radical (unpaired) electrons. The number of benzene rings is 1. The molecule has 2 aliphatic rings. The van der Waals surface area contributed by atoms with Gasteiger partial charge in [0.2, 0.25) is 0 Å². The lowest BCUT2D eigenvalue weighted by Crippen LogP contribution is -2.50. The highest BCUT2D eigenvalue weighted by molar-refractivity contribution is 5.85. The Morgan fingerprint density at radius 2 is 2.09 bits per heavy atom. The predicted molar refractivity (Wildman–Crippen MR) is 95.0 cm³/mol. The van der Waals surface area contributed by atoms with E-state index in [1.807, 2.05) is 0 Å². The smallest absolute Gasteiger partial charge is 0.0716 e. The summed E-state index contributed by atoms with van der Waals surface area (Å²) in [7, 11) is 1.76. The van der Waals surface area contributed by atoms with Crippen molar-refractivity contribution in [2.45, 2.75) is 44.5 Å². The fourth-order valence-corrected chi connectivity index (χ4v) is 3.85. The average molecular weight is 341 g/mol. The quantitative estimate of drug-likeness (QED) is 0.835. The standard InChI is InChI=1S/C18H28N2O2.ClH/c1-21-12-15-6-3-2-5-14(15)11-20-17-8-4-7-16(17)18-13-22-10-9-19-18;/h2-3,5-6,16-20H,4,7-13H2,1H3;1H. The molecule has 0 amide bonds. The molecule has 0 spiro atoms. The fraction of sp³-hybridized carbons (Fsp3) is 0.667. The Bertz CT molecular complexity index is 466. The largest absolute Gasteiger partial charge is 0.380 e. The molecule has 2 N–H and O–H groups in total. The van der Waals surface area contributed by atoms with Crippen molar-refractivity contribution in [2.24, 2.45) is 5.92 Å². The Hall–Kier alpha value is -0.650. The molecule has 1 aliphatic heterocycles. The first-order valence-corrected chi connectivity index (χ1v) is 8.48. The Kier molecular flexibility index (Phi) is 7.80. The van der Waals surface area contributed by atoms with Gasteiger partial charge in [-0.2, -0.15) is 0 Å². The summed E-state index contributed by atoms with van der Waals surface area (Å²) in [4.78, 5) is 0. The van der Waals surface area contributed by atoms with Crippen LogP contribution in [0.4, 0.5) is 0 Å². The van der Waals surface area contributed by atoms with Crippen LogP contribution in [0.25, 0.3) is 0 Å². The molecule has 3 atom stereocenters. The van der Waals surface area contributed by atoms with Gasteiger partial charge in [-0.3, -0.25) is 0 Å². The normalized spacial score (nSPS) is 27.6. The third-order valence-corrected chi connectivity index (χ3v) is 5.01. The monoisotopic (exact) mass is 340 g/mol. The van der Waals surface area contributed by atoms with Crippen molar-refractivity contribution in [2.75, 3.05) is 26.9 Å². The Labute approximate surface area is 145 Å². The topological polar surface area (TPSA) is 42.5 Å². The second kappa shape index (κ2) is 9.60. The number of hydrogen-bond donors (Lipinski definition) is 2. The van der Waals surface area contributed by atoms with E-state index in [2.05, 4.69) is 34.9 Å². The van der Waals surface area contributed by atoms with Crippen LogP contribution in [0.2, 0.25) is 0 Å². The van der Waals surface area contributed by atoms with Gasteiger partial charge in [0.1, 0.15) is 0 Å². The van der Waals surface area contributed by atoms with E-state index in [9.17, 15) is 0 Å². The number of nitrogens with one attached hydrogen (secondary N) is 2. The number of halogens is 1. The van der Waals surface area contributed by atoms with Crippen LogP contribution in [0.15, 0.2) is 24.3 Å². The Morgan fingerprint density at radius 3 is 2.83 bits per heavy atom. The Morgan fingerprint density at radius 1 is 1.26 bits per heavy atom. The molecule has 1 heterocycles. The molecule has 1 saturated heterocycles.